The second kappa shape index (κ2) is 11.0. The summed E-state index contributed by atoms with van der Waals surface area (Å²) >= 11 is 1.44. The molecule has 0 bridgehead atoms. The zero-order valence-corrected chi connectivity index (χ0v) is 11.9. The smallest absolute Gasteiger partial charge is 0.0848 e. The molecule has 1 aromatic carbocycles. The molecule has 1 unspecified atom stereocenters. The summed E-state index contributed by atoms with van der Waals surface area (Å²) in [4.78, 5) is 0. The molecule has 0 spiro atoms. The van der Waals surface area contributed by atoms with Crippen LogP contribution in [-0.2, 0) is 20.1 Å². The van der Waals surface area contributed by atoms with Gasteiger partial charge in [0.05, 0.1) is 26.4 Å². The molecule has 0 N–H and O–H groups in total. The summed E-state index contributed by atoms with van der Waals surface area (Å²) in [6.45, 7) is 4.66. The maximum atomic E-state index is 5.48. The maximum Gasteiger partial charge on any atom is 0.0848 e. The van der Waals surface area contributed by atoms with Crippen LogP contribution in [-0.4, -0.2) is 32.2 Å². The zero-order valence-electron chi connectivity index (χ0n) is 10.1. The fourth-order valence-corrected chi connectivity index (χ4v) is 2.06. The Labute approximate surface area is 109 Å². The van der Waals surface area contributed by atoms with E-state index in [0.29, 0.717) is 28.6 Å². The van der Waals surface area contributed by atoms with Crippen LogP contribution in [0.2, 0.25) is 0 Å². The molecule has 0 fully saturated rings. The van der Waals surface area contributed by atoms with Crippen molar-refractivity contribution in [1.82, 2.24) is 0 Å². The molecule has 1 aromatic rings. The lowest BCUT2D eigenvalue weighted by Crippen LogP contribution is -2.02. The molecule has 3 nitrogen and oxygen atoms in total. The summed E-state index contributed by atoms with van der Waals surface area (Å²) in [6.07, 6.45) is 0. The van der Waals surface area contributed by atoms with Crippen LogP contribution in [0.5, 0.6) is 0 Å². The predicted octanol–water partition coefficient (Wildman–Crippen LogP) is 3.11. The van der Waals surface area contributed by atoms with Crippen LogP contribution in [0.15, 0.2) is 30.3 Å². The molecule has 96 valence electrons. The minimum Gasteiger partial charge on any atom is -0.374 e. The van der Waals surface area contributed by atoms with Gasteiger partial charge in [0.2, 0.25) is 0 Å². The van der Waals surface area contributed by atoms with E-state index in [1.54, 1.807) is 0 Å². The molecule has 17 heavy (non-hydrogen) atoms. The van der Waals surface area contributed by atoms with E-state index < -0.39 is 0 Å². The Morgan fingerprint density at radius 2 is 1.94 bits per heavy atom. The van der Waals surface area contributed by atoms with E-state index >= 15 is 0 Å². The molecule has 0 aliphatic heterocycles. The molecule has 0 radical (unpaired) electrons. The van der Waals surface area contributed by atoms with Gasteiger partial charge in [0.25, 0.3) is 0 Å². The third-order valence-electron chi connectivity index (χ3n) is 1.92. The van der Waals surface area contributed by atoms with Crippen molar-refractivity contribution in [3.8, 4) is 0 Å². The quantitative estimate of drug-likeness (QED) is 0.372. The first-order valence-corrected chi connectivity index (χ1v) is 7.90. The molecule has 0 aliphatic rings. The average molecular weight is 274 g/mol. The SMILES string of the molecule is CPOCCSOCCOCc1ccccc1. The highest BCUT2D eigenvalue weighted by Crippen LogP contribution is 2.08. The molecular formula is C12H19O3PS. The van der Waals surface area contributed by atoms with Crippen molar-refractivity contribution >= 4 is 20.9 Å². The maximum absolute atomic E-state index is 5.48. The van der Waals surface area contributed by atoms with E-state index in [2.05, 4.69) is 12.1 Å². The lowest BCUT2D eigenvalue weighted by Gasteiger charge is -2.05. The van der Waals surface area contributed by atoms with Gasteiger partial charge < -0.3 is 13.4 Å². The molecule has 0 saturated heterocycles. The van der Waals surface area contributed by atoms with Gasteiger partial charge in [0, 0.05) is 14.6 Å². The third kappa shape index (κ3) is 8.58. The topological polar surface area (TPSA) is 27.7 Å². The molecule has 0 heterocycles. The van der Waals surface area contributed by atoms with Gasteiger partial charge in [0.1, 0.15) is 0 Å². The lowest BCUT2D eigenvalue weighted by atomic mass is 10.2. The normalized spacial score (nSPS) is 11.4. The molecule has 0 amide bonds. The highest BCUT2D eigenvalue weighted by atomic mass is 32.2. The van der Waals surface area contributed by atoms with Crippen LogP contribution in [0.4, 0.5) is 0 Å². The average Bonchev–Trinajstić information content (AvgIpc) is 2.38. The van der Waals surface area contributed by atoms with E-state index in [4.69, 9.17) is 13.4 Å². The van der Waals surface area contributed by atoms with E-state index in [9.17, 15) is 0 Å². The third-order valence-corrected chi connectivity index (χ3v) is 3.08. The van der Waals surface area contributed by atoms with Crippen LogP contribution < -0.4 is 0 Å². The van der Waals surface area contributed by atoms with Crippen LogP contribution in [0.1, 0.15) is 5.56 Å². The second-order valence-electron chi connectivity index (χ2n) is 3.23. The zero-order chi connectivity index (χ0) is 12.2. The van der Waals surface area contributed by atoms with E-state index in [1.165, 1.54) is 17.6 Å². The number of rotatable bonds is 10. The molecule has 0 saturated carbocycles. The molecule has 1 rings (SSSR count). The Bertz CT molecular complexity index is 272. The summed E-state index contributed by atoms with van der Waals surface area (Å²) < 4.78 is 16.0. The fourth-order valence-electron chi connectivity index (χ4n) is 1.15. The standard InChI is InChI=1S/C12H19O3PS/c1-16-14-9-10-17-15-8-7-13-11-12-5-3-2-4-6-12/h2-6,16H,7-11H2,1H3. The van der Waals surface area contributed by atoms with Gasteiger partial charge in [-0.3, -0.25) is 0 Å². The summed E-state index contributed by atoms with van der Waals surface area (Å²) in [7, 11) is 0.560. The van der Waals surface area contributed by atoms with Crippen molar-refractivity contribution in [1.29, 1.82) is 0 Å². The molecule has 1 atom stereocenters. The molecule has 0 aliphatic carbocycles. The van der Waals surface area contributed by atoms with Crippen LogP contribution >= 0.6 is 20.9 Å². The predicted molar refractivity (Wildman–Crippen MR) is 74.7 cm³/mol. The largest absolute Gasteiger partial charge is 0.374 e. The van der Waals surface area contributed by atoms with Gasteiger partial charge in [0.15, 0.2) is 0 Å². The first-order chi connectivity index (χ1) is 8.43. The van der Waals surface area contributed by atoms with Crippen molar-refractivity contribution in [2.24, 2.45) is 0 Å². The Morgan fingerprint density at radius 3 is 2.71 bits per heavy atom. The summed E-state index contributed by atoms with van der Waals surface area (Å²) in [6, 6.07) is 10.1. The monoisotopic (exact) mass is 274 g/mol. The summed E-state index contributed by atoms with van der Waals surface area (Å²) in [5.41, 5.74) is 1.19. The van der Waals surface area contributed by atoms with E-state index in [-0.39, 0.29) is 0 Å². The van der Waals surface area contributed by atoms with Gasteiger partial charge in [-0.2, -0.15) is 0 Å². The number of benzene rings is 1. The Balaban J connectivity index is 1.85. The Hall–Kier alpha value is -0.120. The Kier molecular flexibility index (Phi) is 9.66. The van der Waals surface area contributed by atoms with E-state index in [0.717, 1.165) is 12.4 Å². The van der Waals surface area contributed by atoms with Crippen molar-refractivity contribution in [3.05, 3.63) is 35.9 Å². The van der Waals surface area contributed by atoms with Gasteiger partial charge in [-0.15, -0.1) is 0 Å². The minimum absolute atomic E-state index is 0.560. The van der Waals surface area contributed by atoms with E-state index in [1.807, 2.05) is 24.9 Å². The van der Waals surface area contributed by atoms with Crippen molar-refractivity contribution in [2.75, 3.05) is 32.2 Å². The second-order valence-corrected chi connectivity index (χ2v) is 4.81. The summed E-state index contributed by atoms with van der Waals surface area (Å²) in [5.74, 6) is 0.875. The van der Waals surface area contributed by atoms with Crippen LogP contribution in [0.3, 0.4) is 0 Å². The number of hydrogen-bond donors (Lipinski definition) is 0. The number of hydrogen-bond acceptors (Lipinski definition) is 4. The van der Waals surface area contributed by atoms with Crippen molar-refractivity contribution < 1.29 is 13.4 Å². The van der Waals surface area contributed by atoms with Gasteiger partial charge in [-0.25, -0.2) is 0 Å². The fraction of sp³-hybridized carbons (Fsp3) is 0.500. The minimum atomic E-state index is 0.560. The lowest BCUT2D eigenvalue weighted by molar-refractivity contribution is 0.0950. The molecule has 5 heteroatoms. The Morgan fingerprint density at radius 1 is 1.12 bits per heavy atom. The number of ether oxygens (including phenoxy) is 1. The van der Waals surface area contributed by atoms with Gasteiger partial charge in [-0.05, 0) is 24.3 Å². The van der Waals surface area contributed by atoms with Crippen molar-refractivity contribution in [2.45, 2.75) is 6.61 Å². The highest BCUT2D eigenvalue weighted by molar-refractivity contribution is 7.94. The van der Waals surface area contributed by atoms with Crippen molar-refractivity contribution in [3.63, 3.8) is 0 Å². The molecule has 0 aromatic heterocycles. The van der Waals surface area contributed by atoms with Crippen LogP contribution in [0, 0.1) is 0 Å². The summed E-state index contributed by atoms with van der Waals surface area (Å²) in [5, 5.41) is 0. The first-order valence-electron chi connectivity index (χ1n) is 5.58. The van der Waals surface area contributed by atoms with Gasteiger partial charge >= 0.3 is 0 Å². The van der Waals surface area contributed by atoms with Gasteiger partial charge in [-0.1, -0.05) is 30.3 Å². The molecular weight excluding hydrogens is 255 g/mol. The highest BCUT2D eigenvalue weighted by Gasteiger charge is 1.93. The first kappa shape index (κ1) is 14.9. The van der Waals surface area contributed by atoms with Crippen LogP contribution in [0.25, 0.3) is 0 Å².